The maximum atomic E-state index is 4.48. The largest absolute Gasteiger partial charge is 0.336 e. The van der Waals surface area contributed by atoms with E-state index >= 15 is 0 Å². The predicted molar refractivity (Wildman–Crippen MR) is 83.2 cm³/mol. The van der Waals surface area contributed by atoms with Gasteiger partial charge in [0.25, 0.3) is 0 Å². The lowest BCUT2D eigenvalue weighted by molar-refractivity contribution is 0.565. The molecule has 3 heterocycles. The Morgan fingerprint density at radius 3 is 3.00 bits per heavy atom. The summed E-state index contributed by atoms with van der Waals surface area (Å²) in [4.78, 5) is 10.1. The van der Waals surface area contributed by atoms with Crippen molar-refractivity contribution >= 4 is 22.7 Å². The van der Waals surface area contributed by atoms with Crippen molar-refractivity contribution in [2.45, 2.75) is 12.5 Å². The minimum atomic E-state index is 0.147. The van der Waals surface area contributed by atoms with Crippen LogP contribution in [0.3, 0.4) is 0 Å². The molecule has 1 unspecified atom stereocenters. The Bertz CT molecular complexity index is 628. The van der Waals surface area contributed by atoms with Crippen LogP contribution in [0.5, 0.6) is 0 Å². The van der Waals surface area contributed by atoms with E-state index in [1.807, 2.05) is 25.0 Å². The Balaban J connectivity index is 1.72. The first-order valence-electron chi connectivity index (χ1n) is 6.45. The number of nitrogens with zero attached hydrogens (tertiary/aromatic N) is 3. The average molecular weight is 304 g/mol. The van der Waals surface area contributed by atoms with E-state index in [1.54, 1.807) is 22.7 Å². The molecule has 0 saturated heterocycles. The second-order valence-corrected chi connectivity index (χ2v) is 6.23. The number of aromatic nitrogens is 3. The van der Waals surface area contributed by atoms with Crippen LogP contribution in [0.1, 0.15) is 22.4 Å². The highest BCUT2D eigenvalue weighted by Crippen LogP contribution is 2.24. The molecular weight excluding hydrogens is 288 g/mol. The highest BCUT2D eigenvalue weighted by Gasteiger charge is 2.18. The lowest BCUT2D eigenvalue weighted by Crippen LogP contribution is -2.26. The van der Waals surface area contributed by atoms with Crippen LogP contribution in [-0.2, 0) is 13.5 Å². The molecule has 104 valence electrons. The fourth-order valence-corrected chi connectivity index (χ4v) is 3.52. The number of thiophene rings is 1. The maximum absolute atomic E-state index is 4.48. The average Bonchev–Trinajstić information content (AvgIpc) is 3.18. The van der Waals surface area contributed by atoms with E-state index < -0.39 is 0 Å². The van der Waals surface area contributed by atoms with Crippen molar-refractivity contribution < 1.29 is 0 Å². The van der Waals surface area contributed by atoms with Crippen molar-refractivity contribution in [2.75, 3.05) is 6.54 Å². The summed E-state index contributed by atoms with van der Waals surface area (Å²) in [5.41, 5.74) is 3.03. The number of aryl methyl sites for hydroxylation is 1. The van der Waals surface area contributed by atoms with Crippen molar-refractivity contribution in [2.24, 2.45) is 7.05 Å². The number of nitrogens with one attached hydrogen (secondary N) is 1. The van der Waals surface area contributed by atoms with Gasteiger partial charge in [-0.05, 0) is 11.4 Å². The monoisotopic (exact) mass is 304 g/mol. The normalized spacial score (nSPS) is 12.7. The number of rotatable bonds is 6. The molecular formula is C14H16N4S2. The van der Waals surface area contributed by atoms with Gasteiger partial charge in [0.05, 0.1) is 11.2 Å². The van der Waals surface area contributed by atoms with Crippen molar-refractivity contribution in [3.63, 3.8) is 0 Å². The third kappa shape index (κ3) is 2.98. The third-order valence-electron chi connectivity index (χ3n) is 3.16. The zero-order valence-corrected chi connectivity index (χ0v) is 12.8. The Hall–Kier alpha value is -1.50. The molecule has 0 bridgehead atoms. The Kier molecular flexibility index (Phi) is 4.25. The topological polar surface area (TPSA) is 42.7 Å². The lowest BCUT2D eigenvalue weighted by Gasteiger charge is -2.17. The van der Waals surface area contributed by atoms with Gasteiger partial charge in [-0.2, -0.15) is 0 Å². The zero-order valence-electron chi connectivity index (χ0n) is 11.2. The van der Waals surface area contributed by atoms with Gasteiger partial charge < -0.3 is 9.88 Å². The predicted octanol–water partition coefficient (Wildman–Crippen LogP) is 2.86. The Morgan fingerprint density at radius 2 is 2.35 bits per heavy atom. The summed E-state index contributed by atoms with van der Waals surface area (Å²) in [7, 11) is 2.03. The van der Waals surface area contributed by atoms with E-state index in [0.29, 0.717) is 0 Å². The van der Waals surface area contributed by atoms with Crippen LogP contribution in [0.4, 0.5) is 0 Å². The van der Waals surface area contributed by atoms with E-state index in [-0.39, 0.29) is 6.04 Å². The van der Waals surface area contributed by atoms with Crippen LogP contribution < -0.4 is 5.32 Å². The van der Waals surface area contributed by atoms with E-state index in [4.69, 9.17) is 0 Å². The molecule has 0 amide bonds. The SMILES string of the molecule is Cn1ccnc1C(NCCc1cscn1)c1cccs1. The van der Waals surface area contributed by atoms with Crippen LogP contribution in [0.2, 0.25) is 0 Å². The standard InChI is InChI=1S/C14H16N4S2/c1-18-7-6-16-14(18)13(12-3-2-8-20-12)15-5-4-11-9-19-10-17-11/h2-3,6-10,13,15H,4-5H2,1H3. The number of thiazole rings is 1. The summed E-state index contributed by atoms with van der Waals surface area (Å²) >= 11 is 3.40. The molecule has 20 heavy (non-hydrogen) atoms. The van der Waals surface area contributed by atoms with Gasteiger partial charge in [0.15, 0.2) is 0 Å². The number of imidazole rings is 1. The molecule has 0 aliphatic carbocycles. The van der Waals surface area contributed by atoms with Gasteiger partial charge >= 0.3 is 0 Å². The molecule has 0 aliphatic rings. The summed E-state index contributed by atoms with van der Waals surface area (Å²) in [6, 6.07) is 4.38. The van der Waals surface area contributed by atoms with E-state index in [0.717, 1.165) is 24.5 Å². The van der Waals surface area contributed by atoms with Gasteiger partial charge in [0, 0.05) is 42.7 Å². The minimum absolute atomic E-state index is 0.147. The van der Waals surface area contributed by atoms with Crippen molar-refractivity contribution in [3.05, 3.63) is 57.2 Å². The smallest absolute Gasteiger partial charge is 0.131 e. The van der Waals surface area contributed by atoms with Gasteiger partial charge in [-0.1, -0.05) is 6.07 Å². The molecule has 4 nitrogen and oxygen atoms in total. The van der Waals surface area contributed by atoms with Crippen LogP contribution in [0.25, 0.3) is 0 Å². The van der Waals surface area contributed by atoms with Crippen LogP contribution in [-0.4, -0.2) is 21.1 Å². The fourth-order valence-electron chi connectivity index (χ4n) is 2.14. The van der Waals surface area contributed by atoms with Crippen molar-refractivity contribution in [1.82, 2.24) is 19.9 Å². The number of hydrogen-bond acceptors (Lipinski definition) is 5. The molecule has 3 aromatic rings. The minimum Gasteiger partial charge on any atom is -0.336 e. The van der Waals surface area contributed by atoms with Gasteiger partial charge in [-0.15, -0.1) is 22.7 Å². The second kappa shape index (κ2) is 6.30. The summed E-state index contributed by atoms with van der Waals surface area (Å²) in [6.45, 7) is 0.888. The zero-order chi connectivity index (χ0) is 13.8. The first-order valence-corrected chi connectivity index (χ1v) is 8.28. The van der Waals surface area contributed by atoms with E-state index in [2.05, 4.69) is 42.7 Å². The second-order valence-electron chi connectivity index (χ2n) is 4.53. The molecule has 3 aromatic heterocycles. The summed E-state index contributed by atoms with van der Waals surface area (Å²) < 4.78 is 2.07. The highest BCUT2D eigenvalue weighted by molar-refractivity contribution is 7.10. The molecule has 1 N–H and O–H groups in total. The molecule has 0 spiro atoms. The van der Waals surface area contributed by atoms with Crippen LogP contribution in [0.15, 0.2) is 40.8 Å². The molecule has 1 atom stereocenters. The molecule has 0 aliphatic heterocycles. The van der Waals surface area contributed by atoms with Gasteiger partial charge in [-0.3, -0.25) is 0 Å². The number of hydrogen-bond donors (Lipinski definition) is 1. The van der Waals surface area contributed by atoms with Crippen LogP contribution in [0, 0.1) is 0 Å². The van der Waals surface area contributed by atoms with Gasteiger partial charge in [0.2, 0.25) is 0 Å². The summed E-state index contributed by atoms with van der Waals surface area (Å²) in [6.07, 6.45) is 4.77. The van der Waals surface area contributed by atoms with Crippen molar-refractivity contribution in [3.8, 4) is 0 Å². The molecule has 3 rings (SSSR count). The third-order valence-corrected chi connectivity index (χ3v) is 4.73. The Labute approximate surface area is 126 Å². The molecule has 0 saturated carbocycles. The fraction of sp³-hybridized carbons (Fsp3) is 0.286. The quantitative estimate of drug-likeness (QED) is 0.761. The Morgan fingerprint density at radius 1 is 1.40 bits per heavy atom. The first kappa shape index (κ1) is 13.5. The van der Waals surface area contributed by atoms with Crippen LogP contribution >= 0.6 is 22.7 Å². The lowest BCUT2D eigenvalue weighted by atomic mass is 10.2. The highest BCUT2D eigenvalue weighted by atomic mass is 32.1. The molecule has 6 heteroatoms. The van der Waals surface area contributed by atoms with Crippen molar-refractivity contribution in [1.29, 1.82) is 0 Å². The summed E-state index contributed by atoms with van der Waals surface area (Å²) in [5, 5.41) is 7.80. The van der Waals surface area contributed by atoms with E-state index in [1.165, 1.54) is 4.88 Å². The maximum Gasteiger partial charge on any atom is 0.131 e. The molecule has 0 radical (unpaired) electrons. The van der Waals surface area contributed by atoms with Gasteiger partial charge in [-0.25, -0.2) is 9.97 Å². The first-order chi connectivity index (χ1) is 9.84. The van der Waals surface area contributed by atoms with Gasteiger partial charge in [0.1, 0.15) is 11.9 Å². The molecule has 0 fully saturated rings. The van der Waals surface area contributed by atoms with E-state index in [9.17, 15) is 0 Å². The molecule has 0 aromatic carbocycles. The summed E-state index contributed by atoms with van der Waals surface area (Å²) in [5.74, 6) is 1.05.